The number of carbonyl (C=O) groups excluding carboxylic acids is 2. The average Bonchev–Trinajstić information content (AvgIpc) is 2.99. The van der Waals surface area contributed by atoms with E-state index in [1.54, 1.807) is 27.9 Å². The molecule has 0 saturated carbocycles. The van der Waals surface area contributed by atoms with Crippen LogP contribution in [0.5, 0.6) is 11.5 Å². The zero-order chi connectivity index (χ0) is 33.6. The van der Waals surface area contributed by atoms with E-state index >= 15 is 0 Å². The standard InChI is InChI=1S/C33H54N2O8P2/c1-9-12-13-14-26-22-29(42-44(38,34-7)19-17-31(36)40-10-2)33(28-21-25(6)15-16-27(28)24(4)5)30(23-26)43-45(39,35-8)20-18-32(37)41-11-3/h21-23,27-28H,4,9-20H2,1-3,5-8H3,(H,34,38)(H,35,39). The number of nitrogens with one attached hydrogen (secondary N) is 2. The summed E-state index contributed by atoms with van der Waals surface area (Å²) in [5.74, 6) is -0.479. The van der Waals surface area contributed by atoms with E-state index in [1.165, 1.54) is 5.57 Å². The Hall–Kier alpha value is -2.38. The summed E-state index contributed by atoms with van der Waals surface area (Å²) in [5.41, 5.74) is 3.65. The second kappa shape index (κ2) is 18.7. The zero-order valence-electron chi connectivity index (χ0n) is 28.2. The van der Waals surface area contributed by atoms with E-state index in [0.29, 0.717) is 23.5 Å². The average molecular weight is 669 g/mol. The van der Waals surface area contributed by atoms with Gasteiger partial charge in [-0.1, -0.05) is 43.6 Å². The summed E-state index contributed by atoms with van der Waals surface area (Å²) in [6, 6.07) is 3.78. The Bertz CT molecular complexity index is 1230. The van der Waals surface area contributed by atoms with Crippen LogP contribution in [0.4, 0.5) is 0 Å². The maximum atomic E-state index is 14.1. The van der Waals surface area contributed by atoms with Gasteiger partial charge in [0.1, 0.15) is 11.5 Å². The van der Waals surface area contributed by atoms with Gasteiger partial charge in [0.25, 0.3) is 0 Å². The van der Waals surface area contributed by atoms with Crippen molar-refractivity contribution in [3.05, 3.63) is 47.1 Å². The van der Waals surface area contributed by atoms with Gasteiger partial charge in [-0.3, -0.25) is 18.7 Å². The van der Waals surface area contributed by atoms with Gasteiger partial charge >= 0.3 is 27.0 Å². The third-order valence-electron chi connectivity index (χ3n) is 7.95. The second-order valence-corrected chi connectivity index (χ2v) is 16.4. The topological polar surface area (TPSA) is 129 Å². The third-order valence-corrected chi connectivity index (χ3v) is 11.9. The Labute approximate surface area is 270 Å². The minimum absolute atomic E-state index is 0.0198. The number of unbranched alkanes of at least 4 members (excludes halogenated alkanes) is 2. The highest BCUT2D eigenvalue weighted by molar-refractivity contribution is 7.57. The Morgan fingerprint density at radius 3 is 1.84 bits per heavy atom. The highest BCUT2D eigenvalue weighted by Crippen LogP contribution is 2.55. The quantitative estimate of drug-likeness (QED) is 0.0612. The summed E-state index contributed by atoms with van der Waals surface area (Å²) >= 11 is 0. The molecule has 4 atom stereocenters. The van der Waals surface area contributed by atoms with Crippen molar-refractivity contribution in [3.8, 4) is 11.5 Å². The number of benzene rings is 1. The molecule has 0 fully saturated rings. The Balaban J connectivity index is 2.77. The fourth-order valence-corrected chi connectivity index (χ4v) is 8.14. The van der Waals surface area contributed by atoms with Crippen LogP contribution in [0.25, 0.3) is 0 Å². The molecule has 2 N–H and O–H groups in total. The molecule has 1 aromatic carbocycles. The molecule has 0 amide bonds. The lowest BCUT2D eigenvalue weighted by Gasteiger charge is -2.34. The number of esters is 2. The maximum Gasteiger partial charge on any atom is 0.316 e. The van der Waals surface area contributed by atoms with Crippen molar-refractivity contribution in [1.29, 1.82) is 0 Å². The molecule has 2 rings (SSSR count). The summed E-state index contributed by atoms with van der Waals surface area (Å²) < 4.78 is 51.2. The van der Waals surface area contributed by atoms with Crippen LogP contribution in [-0.2, 0) is 34.6 Å². The molecule has 0 heterocycles. The minimum Gasteiger partial charge on any atom is -0.466 e. The fraction of sp³-hybridized carbons (Fsp3) is 0.636. The predicted octanol–water partition coefficient (Wildman–Crippen LogP) is 7.92. The van der Waals surface area contributed by atoms with Gasteiger partial charge in [-0.05, 0) is 91.1 Å². The molecule has 0 aromatic heterocycles. The van der Waals surface area contributed by atoms with E-state index in [4.69, 9.17) is 18.5 Å². The number of hydrogen-bond acceptors (Lipinski definition) is 8. The SMILES string of the molecule is C=C(C)C1CCC(C)=CC1c1c(OP(=O)(CCC(=O)OCC)NC)cc(CCCCC)cc1OP(=O)(CCC(=O)OCC)NC. The van der Waals surface area contributed by atoms with Crippen LogP contribution >= 0.6 is 15.0 Å². The van der Waals surface area contributed by atoms with Gasteiger partial charge < -0.3 is 18.5 Å². The first-order valence-corrected chi connectivity index (χ1v) is 19.7. The molecule has 0 bridgehead atoms. The largest absolute Gasteiger partial charge is 0.466 e. The predicted molar refractivity (Wildman–Crippen MR) is 181 cm³/mol. The summed E-state index contributed by atoms with van der Waals surface area (Å²) in [6.07, 6.45) is 7.24. The van der Waals surface area contributed by atoms with Crippen LogP contribution in [0.2, 0.25) is 0 Å². The summed E-state index contributed by atoms with van der Waals surface area (Å²) in [6.45, 7) is 14.4. The van der Waals surface area contributed by atoms with Crippen LogP contribution in [0, 0.1) is 5.92 Å². The lowest BCUT2D eigenvalue weighted by Crippen LogP contribution is -2.21. The van der Waals surface area contributed by atoms with Gasteiger partial charge in [0.05, 0.1) is 38.4 Å². The van der Waals surface area contributed by atoms with Crippen molar-refractivity contribution in [2.45, 2.75) is 91.9 Å². The van der Waals surface area contributed by atoms with Crippen LogP contribution < -0.4 is 19.2 Å². The lowest BCUT2D eigenvalue weighted by atomic mass is 9.73. The van der Waals surface area contributed by atoms with Crippen molar-refractivity contribution < 1.29 is 37.2 Å². The normalized spacial score (nSPS) is 19.0. The van der Waals surface area contributed by atoms with Crippen molar-refractivity contribution in [2.24, 2.45) is 5.92 Å². The number of allylic oxidation sites excluding steroid dienone is 3. The molecule has 12 heteroatoms. The number of aryl methyl sites for hydroxylation is 1. The smallest absolute Gasteiger partial charge is 0.316 e. The van der Waals surface area contributed by atoms with Crippen molar-refractivity contribution >= 4 is 27.0 Å². The van der Waals surface area contributed by atoms with E-state index < -0.39 is 27.0 Å². The van der Waals surface area contributed by atoms with Crippen molar-refractivity contribution in [3.63, 3.8) is 0 Å². The van der Waals surface area contributed by atoms with E-state index in [1.807, 2.05) is 19.1 Å². The molecular formula is C33H54N2O8P2. The molecule has 4 unspecified atom stereocenters. The van der Waals surface area contributed by atoms with Crippen LogP contribution in [-0.4, -0.2) is 51.6 Å². The fourth-order valence-electron chi connectivity index (χ4n) is 5.43. The van der Waals surface area contributed by atoms with E-state index in [0.717, 1.165) is 43.2 Å². The van der Waals surface area contributed by atoms with Gasteiger partial charge in [-0.25, -0.2) is 10.2 Å². The van der Waals surface area contributed by atoms with Gasteiger partial charge in [0.2, 0.25) is 0 Å². The van der Waals surface area contributed by atoms with Gasteiger partial charge in [-0.15, -0.1) is 0 Å². The molecule has 0 spiro atoms. The number of rotatable bonds is 20. The summed E-state index contributed by atoms with van der Waals surface area (Å²) in [7, 11) is -4.11. The summed E-state index contributed by atoms with van der Waals surface area (Å²) in [5, 5.41) is 5.65. The Kier molecular flexibility index (Phi) is 16.1. The molecule has 0 saturated heterocycles. The molecule has 45 heavy (non-hydrogen) atoms. The van der Waals surface area contributed by atoms with E-state index in [-0.39, 0.29) is 50.2 Å². The number of carbonyl (C=O) groups is 2. The van der Waals surface area contributed by atoms with Crippen LogP contribution in [0.1, 0.15) is 96.6 Å². The first kappa shape index (κ1) is 38.8. The molecular weight excluding hydrogens is 614 g/mol. The molecule has 1 aromatic rings. The molecule has 1 aliphatic carbocycles. The maximum absolute atomic E-state index is 14.1. The minimum atomic E-state index is -3.59. The van der Waals surface area contributed by atoms with Gasteiger partial charge in [0.15, 0.2) is 0 Å². The summed E-state index contributed by atoms with van der Waals surface area (Å²) in [4.78, 5) is 24.4. The third kappa shape index (κ3) is 12.1. The first-order valence-electron chi connectivity index (χ1n) is 16.1. The Morgan fingerprint density at radius 2 is 1.42 bits per heavy atom. The number of ether oxygens (including phenoxy) is 2. The molecule has 10 nitrogen and oxygen atoms in total. The van der Waals surface area contributed by atoms with Gasteiger partial charge in [-0.2, -0.15) is 0 Å². The van der Waals surface area contributed by atoms with Crippen molar-refractivity contribution in [2.75, 3.05) is 39.6 Å². The van der Waals surface area contributed by atoms with Crippen molar-refractivity contribution in [1.82, 2.24) is 10.2 Å². The van der Waals surface area contributed by atoms with E-state index in [2.05, 4.69) is 36.7 Å². The highest BCUT2D eigenvalue weighted by atomic mass is 31.2. The van der Waals surface area contributed by atoms with Crippen LogP contribution in [0.3, 0.4) is 0 Å². The second-order valence-electron chi connectivity index (χ2n) is 11.5. The lowest BCUT2D eigenvalue weighted by molar-refractivity contribution is -0.143. The molecule has 254 valence electrons. The monoisotopic (exact) mass is 668 g/mol. The van der Waals surface area contributed by atoms with E-state index in [9.17, 15) is 18.7 Å². The Morgan fingerprint density at radius 1 is 0.911 bits per heavy atom. The first-order chi connectivity index (χ1) is 21.3. The molecule has 0 aliphatic heterocycles. The number of hydrogen-bond donors (Lipinski definition) is 2. The van der Waals surface area contributed by atoms with Crippen LogP contribution in [0.15, 0.2) is 35.9 Å². The van der Waals surface area contributed by atoms with Gasteiger partial charge in [0, 0.05) is 11.5 Å². The highest BCUT2D eigenvalue weighted by Gasteiger charge is 2.36. The zero-order valence-corrected chi connectivity index (χ0v) is 30.0. The molecule has 1 aliphatic rings. The molecule has 0 radical (unpaired) electrons.